The minimum absolute atomic E-state index is 0.301. The van der Waals surface area contributed by atoms with Crippen LogP contribution in [0, 0.1) is 5.41 Å². The molecule has 0 atom stereocenters. The number of rotatable bonds is 1. The Labute approximate surface area is 115 Å². The first-order valence-corrected chi connectivity index (χ1v) is 6.84. The lowest BCUT2D eigenvalue weighted by Gasteiger charge is -2.33. The van der Waals surface area contributed by atoms with Gasteiger partial charge in [0.2, 0.25) is 0 Å². The summed E-state index contributed by atoms with van der Waals surface area (Å²) >= 11 is 0. The highest BCUT2D eigenvalue weighted by Crippen LogP contribution is 2.40. The van der Waals surface area contributed by atoms with Crippen molar-refractivity contribution in [3.05, 3.63) is 18.1 Å². The van der Waals surface area contributed by atoms with E-state index in [9.17, 15) is 13.2 Å². The van der Waals surface area contributed by atoms with Crippen molar-refractivity contribution in [3.63, 3.8) is 0 Å². The molecule has 1 aromatic heterocycles. The Morgan fingerprint density at radius 1 is 1.10 bits per heavy atom. The number of nitrogens with zero attached hydrogens (tertiary/aromatic N) is 3. The molecule has 0 bridgehead atoms. The molecule has 0 amide bonds. The fourth-order valence-corrected chi connectivity index (χ4v) is 3.13. The third-order valence-corrected chi connectivity index (χ3v) is 4.36. The molecule has 3 rings (SSSR count). The van der Waals surface area contributed by atoms with Crippen molar-refractivity contribution in [2.24, 2.45) is 5.41 Å². The van der Waals surface area contributed by atoms with Crippen LogP contribution in [0.3, 0.4) is 0 Å². The van der Waals surface area contributed by atoms with E-state index in [0.717, 1.165) is 51.6 Å². The highest BCUT2D eigenvalue weighted by molar-refractivity contribution is 5.38. The average molecular weight is 286 g/mol. The van der Waals surface area contributed by atoms with Crippen LogP contribution in [-0.4, -0.2) is 36.1 Å². The van der Waals surface area contributed by atoms with Crippen LogP contribution in [0.25, 0.3) is 0 Å². The van der Waals surface area contributed by atoms with Crippen molar-refractivity contribution < 1.29 is 13.2 Å². The lowest BCUT2D eigenvalue weighted by Crippen LogP contribution is -2.38. The molecular formula is C13H17F3N4. The molecule has 0 radical (unpaired) electrons. The number of nitrogens with one attached hydrogen (secondary N) is 1. The van der Waals surface area contributed by atoms with Crippen molar-refractivity contribution in [1.82, 2.24) is 15.3 Å². The molecule has 1 spiro atoms. The van der Waals surface area contributed by atoms with Crippen LogP contribution < -0.4 is 10.2 Å². The molecule has 0 saturated carbocycles. The zero-order valence-corrected chi connectivity index (χ0v) is 11.1. The molecule has 20 heavy (non-hydrogen) atoms. The molecule has 2 fully saturated rings. The van der Waals surface area contributed by atoms with Gasteiger partial charge in [-0.1, -0.05) is 0 Å². The normalized spacial score (nSPS) is 22.4. The van der Waals surface area contributed by atoms with Crippen molar-refractivity contribution in [2.45, 2.75) is 25.4 Å². The monoisotopic (exact) mass is 286 g/mol. The smallest absolute Gasteiger partial charge is 0.355 e. The van der Waals surface area contributed by atoms with E-state index in [-0.39, 0.29) is 0 Å². The predicted molar refractivity (Wildman–Crippen MR) is 68.4 cm³/mol. The van der Waals surface area contributed by atoms with Gasteiger partial charge >= 0.3 is 6.18 Å². The Morgan fingerprint density at radius 2 is 1.85 bits per heavy atom. The summed E-state index contributed by atoms with van der Waals surface area (Å²) in [6, 6.07) is 0. The predicted octanol–water partition coefficient (Wildman–Crippen LogP) is 2.08. The Kier molecular flexibility index (Phi) is 3.32. The number of hydrogen-bond acceptors (Lipinski definition) is 4. The van der Waals surface area contributed by atoms with Gasteiger partial charge in [0.05, 0.1) is 12.4 Å². The Bertz CT molecular complexity index is 465. The number of piperidine rings is 1. The fourth-order valence-electron chi connectivity index (χ4n) is 3.13. The summed E-state index contributed by atoms with van der Waals surface area (Å²) in [5, 5.41) is 3.34. The van der Waals surface area contributed by atoms with E-state index >= 15 is 0 Å². The van der Waals surface area contributed by atoms with Crippen LogP contribution in [0.15, 0.2) is 12.4 Å². The average Bonchev–Trinajstić information content (AvgIpc) is 2.83. The van der Waals surface area contributed by atoms with Gasteiger partial charge in [0.15, 0.2) is 5.69 Å². The van der Waals surface area contributed by atoms with E-state index in [2.05, 4.69) is 20.2 Å². The first-order chi connectivity index (χ1) is 9.49. The lowest BCUT2D eigenvalue weighted by molar-refractivity contribution is -0.141. The summed E-state index contributed by atoms with van der Waals surface area (Å²) in [7, 11) is 0. The molecule has 110 valence electrons. The summed E-state index contributed by atoms with van der Waals surface area (Å²) in [6.07, 6.45) is 0.963. The van der Waals surface area contributed by atoms with Crippen LogP contribution in [0.4, 0.5) is 19.0 Å². The van der Waals surface area contributed by atoms with Crippen molar-refractivity contribution in [3.8, 4) is 0 Å². The van der Waals surface area contributed by atoms with Gasteiger partial charge in [-0.2, -0.15) is 13.2 Å². The van der Waals surface area contributed by atoms with Crippen LogP contribution in [-0.2, 0) is 6.18 Å². The Morgan fingerprint density at radius 3 is 2.45 bits per heavy atom. The molecule has 1 N–H and O–H groups in total. The topological polar surface area (TPSA) is 41.1 Å². The van der Waals surface area contributed by atoms with Gasteiger partial charge in [-0.15, -0.1) is 0 Å². The number of halogens is 3. The van der Waals surface area contributed by atoms with Crippen LogP contribution in [0.5, 0.6) is 0 Å². The molecular weight excluding hydrogens is 269 g/mol. The van der Waals surface area contributed by atoms with Gasteiger partial charge in [0.25, 0.3) is 0 Å². The van der Waals surface area contributed by atoms with E-state index in [1.165, 1.54) is 6.20 Å². The van der Waals surface area contributed by atoms with E-state index in [1.807, 2.05) is 0 Å². The maximum atomic E-state index is 12.5. The first-order valence-electron chi connectivity index (χ1n) is 6.84. The van der Waals surface area contributed by atoms with Gasteiger partial charge in [-0.3, -0.25) is 0 Å². The number of anilines is 1. The van der Waals surface area contributed by atoms with Gasteiger partial charge in [0.1, 0.15) is 5.82 Å². The van der Waals surface area contributed by atoms with Crippen molar-refractivity contribution in [1.29, 1.82) is 0 Å². The van der Waals surface area contributed by atoms with Crippen molar-refractivity contribution >= 4 is 5.82 Å². The van der Waals surface area contributed by atoms with E-state index in [4.69, 9.17) is 0 Å². The highest BCUT2D eigenvalue weighted by atomic mass is 19.4. The molecule has 2 aliphatic rings. The Hall–Kier alpha value is -1.37. The van der Waals surface area contributed by atoms with E-state index in [1.54, 1.807) is 0 Å². The van der Waals surface area contributed by atoms with Crippen LogP contribution in [0.2, 0.25) is 0 Å². The Balaban J connectivity index is 1.71. The highest BCUT2D eigenvalue weighted by Gasteiger charge is 2.39. The molecule has 1 aromatic rings. The fraction of sp³-hybridized carbons (Fsp3) is 0.692. The summed E-state index contributed by atoms with van der Waals surface area (Å²) < 4.78 is 37.4. The molecule has 4 nitrogen and oxygen atoms in total. The zero-order chi connectivity index (χ0) is 14.2. The number of aromatic nitrogens is 2. The summed E-state index contributed by atoms with van der Waals surface area (Å²) in [5.41, 5.74) is -0.632. The second-order valence-electron chi connectivity index (χ2n) is 5.68. The SMILES string of the molecule is FC(F)(F)c1cnc(N2CCC3(CCNCC3)C2)cn1. The largest absolute Gasteiger partial charge is 0.434 e. The minimum Gasteiger partial charge on any atom is -0.355 e. The quantitative estimate of drug-likeness (QED) is 0.858. The zero-order valence-electron chi connectivity index (χ0n) is 11.1. The second-order valence-corrected chi connectivity index (χ2v) is 5.68. The molecule has 2 saturated heterocycles. The van der Waals surface area contributed by atoms with E-state index < -0.39 is 11.9 Å². The summed E-state index contributed by atoms with van der Waals surface area (Å²) in [5.74, 6) is 0.549. The molecule has 0 aliphatic carbocycles. The maximum Gasteiger partial charge on any atom is 0.434 e. The maximum absolute atomic E-state index is 12.5. The van der Waals surface area contributed by atoms with Gasteiger partial charge in [0, 0.05) is 13.1 Å². The summed E-state index contributed by atoms with van der Waals surface area (Å²) in [4.78, 5) is 9.47. The number of hydrogen-bond donors (Lipinski definition) is 1. The first kappa shape index (κ1) is 13.6. The molecule has 3 heterocycles. The van der Waals surface area contributed by atoms with Gasteiger partial charge in [-0.25, -0.2) is 9.97 Å². The van der Waals surface area contributed by atoms with Gasteiger partial charge < -0.3 is 10.2 Å². The molecule has 2 aliphatic heterocycles. The summed E-state index contributed by atoms with van der Waals surface area (Å²) in [6.45, 7) is 3.76. The third kappa shape index (κ3) is 2.59. The molecule has 7 heteroatoms. The van der Waals surface area contributed by atoms with E-state index in [0.29, 0.717) is 11.2 Å². The standard InChI is InChI=1S/C13H17F3N4/c14-13(15,16)10-7-19-11(8-18-10)20-6-3-12(9-20)1-4-17-5-2-12/h7-8,17H,1-6,9H2. The van der Waals surface area contributed by atoms with Gasteiger partial charge in [-0.05, 0) is 37.8 Å². The van der Waals surface area contributed by atoms with Crippen LogP contribution in [0.1, 0.15) is 25.0 Å². The lowest BCUT2D eigenvalue weighted by atomic mass is 9.78. The second kappa shape index (κ2) is 4.87. The van der Waals surface area contributed by atoms with Crippen LogP contribution >= 0.6 is 0 Å². The minimum atomic E-state index is -4.42. The molecule has 0 aromatic carbocycles. The third-order valence-electron chi connectivity index (χ3n) is 4.36. The number of alkyl halides is 3. The molecule has 0 unspecified atom stereocenters. The van der Waals surface area contributed by atoms with Crippen molar-refractivity contribution in [2.75, 3.05) is 31.1 Å².